The number of carbonyl (C=O) groups is 1. The lowest BCUT2D eigenvalue weighted by atomic mass is 9.84. The van der Waals surface area contributed by atoms with Crippen molar-refractivity contribution >= 4 is 16.7 Å². The van der Waals surface area contributed by atoms with Gasteiger partial charge in [-0.2, -0.15) is 5.10 Å². The molecule has 4 rings (SSSR count). The molecular weight excluding hydrogens is 370 g/mol. The quantitative estimate of drug-likeness (QED) is 0.686. The van der Waals surface area contributed by atoms with Gasteiger partial charge >= 0.3 is 0 Å². The first-order valence-electron chi connectivity index (χ1n) is 9.73. The highest BCUT2D eigenvalue weighted by molar-refractivity contribution is 5.97. The van der Waals surface area contributed by atoms with E-state index in [9.17, 15) is 9.59 Å². The van der Waals surface area contributed by atoms with Gasteiger partial charge in [-0.1, -0.05) is 32.9 Å². The largest absolute Gasteiger partial charge is 0.489 e. The summed E-state index contributed by atoms with van der Waals surface area (Å²) < 4.78 is 9.64. The number of aliphatic hydroxyl groups excluding tert-OH is 1. The molecule has 152 valence electrons. The molecule has 1 atom stereocenters. The zero-order valence-electron chi connectivity index (χ0n) is 17.1. The standard InChI is InChI=1S/C22H25N3O4/c1-13(27)15-11-24-16(10-17(15)28)21-14-6-5-7-18(29-9-8-26)20(14)23-25(21)12-19(24)22(2,3)4/h5-7,10-11,19,26H,8-9,12H2,1-4H3. The second-order valence-corrected chi connectivity index (χ2v) is 8.54. The molecule has 0 saturated heterocycles. The molecule has 0 saturated carbocycles. The molecule has 1 aromatic carbocycles. The van der Waals surface area contributed by atoms with Crippen LogP contribution >= 0.6 is 0 Å². The van der Waals surface area contributed by atoms with Gasteiger partial charge in [0.25, 0.3) is 0 Å². The fraction of sp³-hybridized carbons (Fsp3) is 0.409. The molecule has 1 aliphatic heterocycles. The lowest BCUT2D eigenvalue weighted by Gasteiger charge is -2.38. The van der Waals surface area contributed by atoms with E-state index in [0.717, 1.165) is 16.8 Å². The van der Waals surface area contributed by atoms with E-state index >= 15 is 0 Å². The van der Waals surface area contributed by atoms with Crippen molar-refractivity contribution in [2.45, 2.75) is 40.3 Å². The molecule has 1 N–H and O–H groups in total. The van der Waals surface area contributed by atoms with Crippen molar-refractivity contribution in [2.24, 2.45) is 5.41 Å². The van der Waals surface area contributed by atoms with Crippen LogP contribution in [0.3, 0.4) is 0 Å². The average molecular weight is 395 g/mol. The Kier molecular flexibility index (Phi) is 4.58. The third-order valence-electron chi connectivity index (χ3n) is 5.46. The molecular formula is C22H25N3O4. The molecule has 1 aliphatic rings. The number of Topliss-reactive ketones (excluding diaryl/α,β-unsaturated/α-hetero) is 1. The predicted molar refractivity (Wildman–Crippen MR) is 111 cm³/mol. The minimum absolute atomic E-state index is 0.0137. The van der Waals surface area contributed by atoms with E-state index in [-0.39, 0.29) is 41.4 Å². The van der Waals surface area contributed by atoms with Crippen molar-refractivity contribution in [3.05, 3.63) is 46.2 Å². The lowest BCUT2D eigenvalue weighted by molar-refractivity contribution is 0.101. The topological polar surface area (TPSA) is 86.3 Å². The summed E-state index contributed by atoms with van der Waals surface area (Å²) in [5.41, 5.74) is 2.07. The highest BCUT2D eigenvalue weighted by atomic mass is 16.5. The Morgan fingerprint density at radius 3 is 2.76 bits per heavy atom. The van der Waals surface area contributed by atoms with Crippen LogP contribution in [0, 0.1) is 5.41 Å². The van der Waals surface area contributed by atoms with Crippen LogP contribution in [0.1, 0.15) is 44.1 Å². The van der Waals surface area contributed by atoms with Crippen molar-refractivity contribution in [2.75, 3.05) is 13.2 Å². The lowest BCUT2D eigenvalue weighted by Crippen LogP contribution is -2.35. The number of fused-ring (bicyclic) bond motifs is 5. The van der Waals surface area contributed by atoms with Crippen LogP contribution in [0.15, 0.2) is 35.3 Å². The number of ether oxygens (including phenoxy) is 1. The molecule has 0 radical (unpaired) electrons. The van der Waals surface area contributed by atoms with Crippen molar-refractivity contribution in [1.82, 2.24) is 14.3 Å². The molecule has 7 heteroatoms. The summed E-state index contributed by atoms with van der Waals surface area (Å²) in [7, 11) is 0. The average Bonchev–Trinajstić information content (AvgIpc) is 3.03. The Labute approximate surface area is 168 Å². The van der Waals surface area contributed by atoms with E-state index in [4.69, 9.17) is 14.9 Å². The van der Waals surface area contributed by atoms with Crippen molar-refractivity contribution < 1.29 is 14.6 Å². The molecule has 0 aliphatic carbocycles. The predicted octanol–water partition coefficient (Wildman–Crippen LogP) is 3.04. The summed E-state index contributed by atoms with van der Waals surface area (Å²) >= 11 is 0. The summed E-state index contributed by atoms with van der Waals surface area (Å²) in [6.45, 7) is 8.54. The second-order valence-electron chi connectivity index (χ2n) is 8.54. The molecule has 29 heavy (non-hydrogen) atoms. The van der Waals surface area contributed by atoms with Crippen LogP contribution in [-0.4, -0.2) is 38.5 Å². The van der Waals surface area contributed by atoms with Crippen LogP contribution in [0.5, 0.6) is 5.75 Å². The van der Waals surface area contributed by atoms with E-state index in [2.05, 4.69) is 25.3 Å². The first-order valence-corrected chi connectivity index (χ1v) is 9.73. The molecule has 7 nitrogen and oxygen atoms in total. The number of aliphatic hydroxyl groups is 1. The summed E-state index contributed by atoms with van der Waals surface area (Å²) in [6.07, 6.45) is 1.70. The maximum absolute atomic E-state index is 12.6. The molecule has 0 spiro atoms. The molecule has 0 amide bonds. The minimum Gasteiger partial charge on any atom is -0.489 e. The molecule has 3 heterocycles. The molecule has 2 aromatic heterocycles. The summed E-state index contributed by atoms with van der Waals surface area (Å²) in [4.78, 5) is 24.6. The Hall–Kier alpha value is -2.93. The first kappa shape index (κ1) is 19.4. The van der Waals surface area contributed by atoms with Crippen LogP contribution in [0.25, 0.3) is 22.3 Å². The van der Waals surface area contributed by atoms with Crippen LogP contribution in [-0.2, 0) is 6.54 Å². The van der Waals surface area contributed by atoms with Crippen molar-refractivity contribution in [1.29, 1.82) is 0 Å². The Morgan fingerprint density at radius 1 is 1.34 bits per heavy atom. The van der Waals surface area contributed by atoms with E-state index in [0.29, 0.717) is 17.8 Å². The zero-order chi connectivity index (χ0) is 20.9. The van der Waals surface area contributed by atoms with Crippen molar-refractivity contribution in [3.63, 3.8) is 0 Å². The van der Waals surface area contributed by atoms with Crippen LogP contribution in [0.4, 0.5) is 0 Å². The first-order chi connectivity index (χ1) is 13.7. The van der Waals surface area contributed by atoms with Crippen LogP contribution in [0.2, 0.25) is 0 Å². The fourth-order valence-corrected chi connectivity index (χ4v) is 4.01. The van der Waals surface area contributed by atoms with Gasteiger partial charge in [-0.05, 0) is 18.4 Å². The smallest absolute Gasteiger partial charge is 0.193 e. The van der Waals surface area contributed by atoms with Gasteiger partial charge in [-0.15, -0.1) is 0 Å². The maximum Gasteiger partial charge on any atom is 0.193 e. The summed E-state index contributed by atoms with van der Waals surface area (Å²) in [5, 5.41) is 14.8. The van der Waals surface area contributed by atoms with E-state index in [1.54, 1.807) is 12.3 Å². The Bertz CT molecular complexity index is 1170. The Balaban J connectivity index is 2.01. The molecule has 1 unspecified atom stereocenters. The minimum atomic E-state index is -0.285. The number of ketones is 1. The molecule has 0 fully saturated rings. The number of hydrogen-bond donors (Lipinski definition) is 1. The van der Waals surface area contributed by atoms with Gasteiger partial charge in [0.1, 0.15) is 17.9 Å². The molecule has 0 bridgehead atoms. The maximum atomic E-state index is 12.6. The van der Waals surface area contributed by atoms with Gasteiger partial charge in [0, 0.05) is 17.6 Å². The number of carbonyl (C=O) groups excluding carboxylic acids is 1. The fourth-order valence-electron chi connectivity index (χ4n) is 4.01. The van der Waals surface area contributed by atoms with Crippen LogP contribution < -0.4 is 10.2 Å². The number of benzene rings is 1. The second kappa shape index (κ2) is 6.84. The van der Waals surface area contributed by atoms with Gasteiger partial charge in [0.2, 0.25) is 0 Å². The SMILES string of the molecule is CC(=O)c1cn2c(cc1=O)-c1c3cccc(OCCO)c3nn1CC2C(C)(C)C. The monoisotopic (exact) mass is 395 g/mol. The zero-order valence-corrected chi connectivity index (χ0v) is 17.1. The Morgan fingerprint density at radius 2 is 2.10 bits per heavy atom. The normalized spacial score (nSPS) is 15.8. The van der Waals surface area contributed by atoms with Gasteiger partial charge < -0.3 is 14.4 Å². The highest BCUT2D eigenvalue weighted by Crippen LogP contribution is 2.42. The number of hydrogen-bond acceptors (Lipinski definition) is 5. The number of nitrogens with zero attached hydrogens (tertiary/aromatic N) is 3. The summed E-state index contributed by atoms with van der Waals surface area (Å²) in [6, 6.07) is 7.21. The van der Waals surface area contributed by atoms with E-state index in [1.165, 1.54) is 6.92 Å². The van der Waals surface area contributed by atoms with E-state index < -0.39 is 0 Å². The van der Waals surface area contributed by atoms with Gasteiger partial charge in [0.05, 0.1) is 36.1 Å². The third-order valence-corrected chi connectivity index (χ3v) is 5.46. The molecule has 3 aromatic rings. The van der Waals surface area contributed by atoms with Gasteiger partial charge in [-0.3, -0.25) is 14.3 Å². The number of rotatable bonds is 4. The summed E-state index contributed by atoms with van der Waals surface area (Å²) in [5.74, 6) is 0.363. The van der Waals surface area contributed by atoms with Gasteiger partial charge in [0.15, 0.2) is 11.2 Å². The van der Waals surface area contributed by atoms with Crippen molar-refractivity contribution in [3.8, 4) is 17.1 Å². The van der Waals surface area contributed by atoms with Gasteiger partial charge in [-0.25, -0.2) is 0 Å². The third kappa shape index (κ3) is 3.15. The van der Waals surface area contributed by atoms with E-state index in [1.807, 2.05) is 22.9 Å². The highest BCUT2D eigenvalue weighted by Gasteiger charge is 2.35. The number of aromatic nitrogens is 3. The number of pyridine rings is 1.